The number of rotatable bonds is 2. The minimum Gasteiger partial charge on any atom is -0.478 e. The number of fused-ring (bicyclic) bond motifs is 1. The quantitative estimate of drug-likeness (QED) is 0.572. The van der Waals surface area contributed by atoms with Crippen LogP contribution in [0.1, 0.15) is 20.7 Å². The van der Waals surface area contributed by atoms with Gasteiger partial charge >= 0.3 is 11.9 Å². The van der Waals surface area contributed by atoms with Crippen molar-refractivity contribution in [2.45, 2.75) is 0 Å². The number of terminal acetylenes is 1. The van der Waals surface area contributed by atoms with Gasteiger partial charge in [0.15, 0.2) is 0 Å². The molecule has 2 aliphatic rings. The number of esters is 1. The van der Waals surface area contributed by atoms with E-state index in [9.17, 15) is 9.59 Å². The zero-order chi connectivity index (χ0) is 14.5. The lowest BCUT2D eigenvalue weighted by molar-refractivity contribution is 0.0691. The minimum absolute atomic E-state index is 0.0106. The van der Waals surface area contributed by atoms with Crippen molar-refractivity contribution >= 4 is 11.9 Å². The van der Waals surface area contributed by atoms with Crippen LogP contribution in [0.15, 0.2) is 48.5 Å². The van der Waals surface area contributed by atoms with Gasteiger partial charge in [-0.25, -0.2) is 9.59 Å². The average molecular weight is 266 g/mol. The molecule has 0 aliphatic heterocycles. The van der Waals surface area contributed by atoms with Gasteiger partial charge < -0.3 is 9.84 Å². The summed E-state index contributed by atoms with van der Waals surface area (Å²) >= 11 is 0. The van der Waals surface area contributed by atoms with Crippen LogP contribution in [0.25, 0.3) is 11.1 Å². The van der Waals surface area contributed by atoms with Gasteiger partial charge in [0.05, 0.1) is 11.1 Å². The van der Waals surface area contributed by atoms with Crippen LogP contribution in [0.3, 0.4) is 0 Å². The van der Waals surface area contributed by atoms with E-state index in [4.69, 9.17) is 11.5 Å². The summed E-state index contributed by atoms with van der Waals surface area (Å²) in [6.07, 6.45) is 6.47. The molecular formula is C16H10O4. The molecule has 0 radical (unpaired) electrons. The van der Waals surface area contributed by atoms with Crippen LogP contribution in [0.4, 0.5) is 0 Å². The van der Waals surface area contributed by atoms with Crippen LogP contribution in [-0.4, -0.2) is 17.0 Å². The first-order valence-electron chi connectivity index (χ1n) is 5.72. The molecular weight excluding hydrogens is 256 g/mol. The zero-order valence-electron chi connectivity index (χ0n) is 10.4. The number of ether oxygens (including phenoxy) is 1. The molecule has 4 heteroatoms. The highest BCUT2D eigenvalue weighted by atomic mass is 16.5. The SMILES string of the molecule is C#COC(=O)c1cccc(C(=O)O)c1.c1cc2cc-2c1. The van der Waals surface area contributed by atoms with E-state index < -0.39 is 11.9 Å². The van der Waals surface area contributed by atoms with Crippen molar-refractivity contribution in [1.82, 2.24) is 0 Å². The number of aromatic carboxylic acids is 1. The fourth-order valence-corrected chi connectivity index (χ4v) is 1.57. The summed E-state index contributed by atoms with van der Waals surface area (Å²) in [6.45, 7) is 0. The second-order valence-electron chi connectivity index (χ2n) is 3.97. The fraction of sp³-hybridized carbons (Fsp3) is 0. The van der Waals surface area contributed by atoms with Crippen LogP contribution >= 0.6 is 0 Å². The van der Waals surface area contributed by atoms with Crippen molar-refractivity contribution in [2.75, 3.05) is 0 Å². The summed E-state index contributed by atoms with van der Waals surface area (Å²) in [5.41, 5.74) is 2.98. The van der Waals surface area contributed by atoms with Crippen molar-refractivity contribution in [3.63, 3.8) is 0 Å². The van der Waals surface area contributed by atoms with E-state index in [-0.39, 0.29) is 11.1 Å². The Hall–Kier alpha value is -3.06. The highest BCUT2D eigenvalue weighted by molar-refractivity contribution is 5.94. The largest absolute Gasteiger partial charge is 0.478 e. The molecule has 1 N–H and O–H groups in total. The van der Waals surface area contributed by atoms with Gasteiger partial charge in [-0.05, 0) is 35.4 Å². The Morgan fingerprint density at radius 2 is 1.60 bits per heavy atom. The predicted octanol–water partition coefficient (Wildman–Crippen LogP) is 2.80. The lowest BCUT2D eigenvalue weighted by Gasteiger charge is -1.98. The maximum atomic E-state index is 11.1. The van der Waals surface area contributed by atoms with Gasteiger partial charge in [-0.1, -0.05) is 30.7 Å². The predicted molar refractivity (Wildman–Crippen MR) is 73.1 cm³/mol. The lowest BCUT2D eigenvalue weighted by atomic mass is 10.1. The Balaban J connectivity index is 0.000000198. The summed E-state index contributed by atoms with van der Waals surface area (Å²) in [7, 11) is 0. The van der Waals surface area contributed by atoms with Gasteiger partial charge in [-0.2, -0.15) is 0 Å². The highest BCUT2D eigenvalue weighted by Crippen LogP contribution is 2.32. The van der Waals surface area contributed by atoms with E-state index in [0.717, 1.165) is 0 Å². The number of benzene rings is 2. The van der Waals surface area contributed by atoms with Gasteiger partial charge in [0.1, 0.15) is 6.11 Å². The molecule has 4 nitrogen and oxygen atoms in total. The third-order valence-electron chi connectivity index (χ3n) is 2.61. The molecule has 1 aromatic carbocycles. The summed E-state index contributed by atoms with van der Waals surface area (Å²) in [5.74, 6) is -1.85. The summed E-state index contributed by atoms with van der Waals surface area (Å²) in [4.78, 5) is 21.6. The molecule has 3 rings (SSSR count). The van der Waals surface area contributed by atoms with Crippen LogP contribution < -0.4 is 0 Å². The number of hydrogen-bond donors (Lipinski definition) is 1. The Kier molecular flexibility index (Phi) is 3.82. The first-order chi connectivity index (χ1) is 9.61. The van der Waals surface area contributed by atoms with Crippen LogP contribution in [-0.2, 0) is 4.74 Å². The van der Waals surface area contributed by atoms with Crippen molar-refractivity contribution in [1.29, 1.82) is 0 Å². The first kappa shape index (κ1) is 13.4. The minimum atomic E-state index is -1.11. The first-order valence-corrected chi connectivity index (χ1v) is 5.72. The Labute approximate surface area is 115 Å². The Morgan fingerprint density at radius 3 is 2.05 bits per heavy atom. The monoisotopic (exact) mass is 266 g/mol. The second-order valence-corrected chi connectivity index (χ2v) is 3.97. The normalized spacial score (nSPS) is 9.55. The highest BCUT2D eigenvalue weighted by Gasteiger charge is 2.09. The Morgan fingerprint density at radius 1 is 1.00 bits per heavy atom. The van der Waals surface area contributed by atoms with Gasteiger partial charge in [0, 0.05) is 0 Å². The van der Waals surface area contributed by atoms with E-state index in [2.05, 4.69) is 29.0 Å². The van der Waals surface area contributed by atoms with Crippen LogP contribution in [0.5, 0.6) is 0 Å². The molecule has 0 aromatic heterocycles. The standard InChI is InChI=1S/C10H6O4.C6H4/c1-2-14-10(13)8-5-3-4-7(6-8)9(11)12;1-2-5-4-6(5)3-1/h1,3-6H,(H,11,12);1-4H. The third kappa shape index (κ3) is 3.24. The van der Waals surface area contributed by atoms with Crippen LogP contribution in [0, 0.1) is 12.5 Å². The summed E-state index contributed by atoms with van der Waals surface area (Å²) in [5, 5.41) is 8.63. The average Bonchev–Trinajstić information content (AvgIpc) is 3.06. The van der Waals surface area contributed by atoms with E-state index in [1.54, 1.807) is 6.11 Å². The molecule has 0 bridgehead atoms. The topological polar surface area (TPSA) is 63.6 Å². The van der Waals surface area contributed by atoms with Crippen molar-refractivity contribution in [3.05, 3.63) is 59.7 Å². The molecule has 98 valence electrons. The maximum absolute atomic E-state index is 11.1. The smallest absolute Gasteiger partial charge is 0.352 e. The lowest BCUT2D eigenvalue weighted by Crippen LogP contribution is -2.03. The maximum Gasteiger partial charge on any atom is 0.352 e. The number of carbonyl (C=O) groups is 2. The number of carbonyl (C=O) groups excluding carboxylic acids is 1. The van der Waals surface area contributed by atoms with Crippen LogP contribution in [0.2, 0.25) is 0 Å². The fourth-order valence-electron chi connectivity index (χ4n) is 1.57. The number of carboxylic acids is 1. The molecule has 0 amide bonds. The van der Waals surface area contributed by atoms with Crippen molar-refractivity contribution in [2.24, 2.45) is 0 Å². The third-order valence-corrected chi connectivity index (χ3v) is 2.61. The molecule has 1 aromatic rings. The molecule has 0 heterocycles. The Bertz CT molecular complexity index is 693. The van der Waals surface area contributed by atoms with E-state index >= 15 is 0 Å². The van der Waals surface area contributed by atoms with Gasteiger partial charge in [-0.3, -0.25) is 0 Å². The number of carboxylic acid groups (broad SMARTS) is 1. The molecule has 0 saturated carbocycles. The zero-order valence-corrected chi connectivity index (χ0v) is 10.4. The molecule has 0 spiro atoms. The second kappa shape index (κ2) is 5.72. The van der Waals surface area contributed by atoms with E-state index in [1.807, 2.05) is 0 Å². The van der Waals surface area contributed by atoms with Crippen molar-refractivity contribution in [3.8, 4) is 23.7 Å². The molecule has 0 unspecified atom stereocenters. The van der Waals surface area contributed by atoms with E-state index in [1.165, 1.54) is 35.4 Å². The molecule has 0 saturated heterocycles. The summed E-state index contributed by atoms with van der Waals surface area (Å²) in [6, 6.07) is 13.9. The van der Waals surface area contributed by atoms with Gasteiger partial charge in [0.25, 0.3) is 0 Å². The molecule has 0 atom stereocenters. The van der Waals surface area contributed by atoms with Gasteiger partial charge in [-0.15, -0.1) is 0 Å². The summed E-state index contributed by atoms with van der Waals surface area (Å²) < 4.78 is 4.26. The van der Waals surface area contributed by atoms with E-state index in [0.29, 0.717) is 0 Å². The van der Waals surface area contributed by atoms with Crippen molar-refractivity contribution < 1.29 is 19.4 Å². The molecule has 20 heavy (non-hydrogen) atoms. The van der Waals surface area contributed by atoms with Gasteiger partial charge in [0.2, 0.25) is 0 Å². The molecule has 0 fully saturated rings. The number of hydrogen-bond acceptors (Lipinski definition) is 3. The molecule has 2 aliphatic carbocycles.